The van der Waals surface area contributed by atoms with Crippen LogP contribution in [0.1, 0.15) is 0 Å². The molecule has 0 unspecified atom stereocenters. The minimum absolute atomic E-state index is 0.531. The van der Waals surface area contributed by atoms with Crippen molar-refractivity contribution >= 4 is 22.7 Å². The second-order valence-corrected chi connectivity index (χ2v) is 2.22. The summed E-state index contributed by atoms with van der Waals surface area (Å²) < 4.78 is 4.87. The van der Waals surface area contributed by atoms with Crippen molar-refractivity contribution in [3.63, 3.8) is 0 Å². The number of isocyanates is 1. The Morgan fingerprint density at radius 2 is 2.42 bits per heavy atom. The molecule has 4 heteroatoms. The largest absolute Gasteiger partial charge is 0.356 e. The van der Waals surface area contributed by atoms with Crippen LogP contribution >= 0.6 is 0 Å². The zero-order valence-electron chi connectivity index (χ0n) is 6.02. The SMILES string of the molecule is O=C=Nc1cccc2oncc12. The highest BCUT2D eigenvalue weighted by molar-refractivity contribution is 5.88. The van der Waals surface area contributed by atoms with Gasteiger partial charge in [0.25, 0.3) is 0 Å². The third kappa shape index (κ3) is 0.909. The Bertz CT molecular complexity index is 455. The average molecular weight is 160 g/mol. The molecule has 0 aliphatic rings. The number of fused-ring (bicyclic) bond motifs is 1. The third-order valence-electron chi connectivity index (χ3n) is 1.54. The van der Waals surface area contributed by atoms with E-state index in [0.29, 0.717) is 11.3 Å². The fourth-order valence-electron chi connectivity index (χ4n) is 1.02. The number of hydrogen-bond acceptors (Lipinski definition) is 4. The maximum Gasteiger partial charge on any atom is 0.240 e. The van der Waals surface area contributed by atoms with E-state index in [1.54, 1.807) is 18.2 Å². The van der Waals surface area contributed by atoms with E-state index < -0.39 is 0 Å². The van der Waals surface area contributed by atoms with Gasteiger partial charge in [-0.2, -0.15) is 4.99 Å². The predicted octanol–water partition coefficient (Wildman–Crippen LogP) is 1.80. The van der Waals surface area contributed by atoms with Crippen LogP contribution in [0.3, 0.4) is 0 Å². The molecule has 0 saturated heterocycles. The Morgan fingerprint density at radius 1 is 1.50 bits per heavy atom. The lowest BCUT2D eigenvalue weighted by Crippen LogP contribution is -1.65. The Kier molecular flexibility index (Phi) is 1.47. The standard InChI is InChI=1S/C8H4N2O2/c11-5-9-7-2-1-3-8-6(7)4-10-12-8/h1-4H. The molecule has 58 valence electrons. The number of hydrogen-bond donors (Lipinski definition) is 0. The van der Waals surface area contributed by atoms with Crippen LogP contribution in [0.25, 0.3) is 11.0 Å². The Morgan fingerprint density at radius 3 is 3.25 bits per heavy atom. The lowest BCUT2D eigenvalue weighted by Gasteiger charge is -1.88. The van der Waals surface area contributed by atoms with E-state index in [1.165, 1.54) is 12.3 Å². The monoisotopic (exact) mass is 160 g/mol. The Hall–Kier alpha value is -1.93. The van der Waals surface area contributed by atoms with Gasteiger partial charge in [-0.25, -0.2) is 4.79 Å². The topological polar surface area (TPSA) is 55.5 Å². The van der Waals surface area contributed by atoms with Gasteiger partial charge in [0.05, 0.1) is 17.3 Å². The first kappa shape index (κ1) is 6.76. The molecule has 2 rings (SSSR count). The lowest BCUT2D eigenvalue weighted by atomic mass is 10.2. The summed E-state index contributed by atoms with van der Waals surface area (Å²) in [6, 6.07) is 5.19. The minimum atomic E-state index is 0.531. The van der Waals surface area contributed by atoms with Gasteiger partial charge in [0.15, 0.2) is 5.58 Å². The van der Waals surface area contributed by atoms with Gasteiger partial charge in [-0.15, -0.1) is 0 Å². The van der Waals surface area contributed by atoms with E-state index in [4.69, 9.17) is 4.52 Å². The molecule has 0 amide bonds. The lowest BCUT2D eigenvalue weighted by molar-refractivity contribution is 0.456. The van der Waals surface area contributed by atoms with Crippen LogP contribution in [0.2, 0.25) is 0 Å². The Labute approximate surface area is 67.5 Å². The van der Waals surface area contributed by atoms with Crippen molar-refractivity contribution in [1.82, 2.24) is 5.16 Å². The molecule has 0 aliphatic carbocycles. The van der Waals surface area contributed by atoms with Gasteiger partial charge >= 0.3 is 0 Å². The van der Waals surface area contributed by atoms with Gasteiger partial charge in [-0.05, 0) is 12.1 Å². The van der Waals surface area contributed by atoms with Gasteiger partial charge < -0.3 is 4.52 Å². The summed E-state index contributed by atoms with van der Waals surface area (Å²) in [5.74, 6) is 0. The third-order valence-corrected chi connectivity index (χ3v) is 1.54. The summed E-state index contributed by atoms with van der Waals surface area (Å²) >= 11 is 0. The highest BCUT2D eigenvalue weighted by atomic mass is 16.5. The van der Waals surface area contributed by atoms with Crippen molar-refractivity contribution in [3.8, 4) is 0 Å². The highest BCUT2D eigenvalue weighted by Gasteiger charge is 2.01. The van der Waals surface area contributed by atoms with E-state index in [-0.39, 0.29) is 0 Å². The summed E-state index contributed by atoms with van der Waals surface area (Å²) in [5.41, 5.74) is 1.15. The van der Waals surface area contributed by atoms with Crippen LogP contribution in [0.15, 0.2) is 33.9 Å². The summed E-state index contributed by atoms with van der Waals surface area (Å²) in [4.78, 5) is 13.5. The van der Waals surface area contributed by atoms with Crippen molar-refractivity contribution in [1.29, 1.82) is 0 Å². The van der Waals surface area contributed by atoms with Crippen molar-refractivity contribution in [3.05, 3.63) is 24.4 Å². The van der Waals surface area contributed by atoms with Gasteiger partial charge in [0, 0.05) is 0 Å². The first-order valence-electron chi connectivity index (χ1n) is 3.33. The number of aromatic nitrogens is 1. The number of carbonyl (C=O) groups excluding carboxylic acids is 1. The Balaban J connectivity index is 2.81. The van der Waals surface area contributed by atoms with Gasteiger partial charge in [0.1, 0.15) is 0 Å². The molecular weight excluding hydrogens is 156 g/mol. The van der Waals surface area contributed by atoms with E-state index in [2.05, 4.69) is 10.1 Å². The molecule has 0 saturated carbocycles. The number of benzene rings is 1. The number of aliphatic imine (C=N–C) groups is 1. The molecule has 4 nitrogen and oxygen atoms in total. The molecule has 0 N–H and O–H groups in total. The quantitative estimate of drug-likeness (QED) is 0.472. The smallest absolute Gasteiger partial charge is 0.240 e. The van der Waals surface area contributed by atoms with Crippen molar-refractivity contribution in [2.75, 3.05) is 0 Å². The molecule has 0 bridgehead atoms. The molecule has 2 aromatic rings. The predicted molar refractivity (Wildman–Crippen MR) is 41.8 cm³/mol. The van der Waals surface area contributed by atoms with Gasteiger partial charge in [-0.1, -0.05) is 11.2 Å². The van der Waals surface area contributed by atoms with E-state index in [9.17, 15) is 4.79 Å². The van der Waals surface area contributed by atoms with Gasteiger partial charge in [-0.3, -0.25) is 0 Å². The van der Waals surface area contributed by atoms with E-state index in [0.717, 1.165) is 5.39 Å². The van der Waals surface area contributed by atoms with E-state index >= 15 is 0 Å². The van der Waals surface area contributed by atoms with Crippen LogP contribution in [0, 0.1) is 0 Å². The summed E-state index contributed by atoms with van der Waals surface area (Å²) in [7, 11) is 0. The zero-order chi connectivity index (χ0) is 8.39. The van der Waals surface area contributed by atoms with Crippen LogP contribution in [0.5, 0.6) is 0 Å². The van der Waals surface area contributed by atoms with Crippen LogP contribution in [-0.2, 0) is 4.79 Å². The molecule has 0 spiro atoms. The summed E-state index contributed by atoms with van der Waals surface area (Å²) in [5, 5.41) is 4.30. The fraction of sp³-hybridized carbons (Fsp3) is 0. The molecule has 1 heterocycles. The zero-order valence-corrected chi connectivity index (χ0v) is 6.02. The van der Waals surface area contributed by atoms with Crippen LogP contribution in [0.4, 0.5) is 5.69 Å². The highest BCUT2D eigenvalue weighted by Crippen LogP contribution is 2.24. The van der Waals surface area contributed by atoms with Crippen LogP contribution in [-0.4, -0.2) is 11.2 Å². The maximum atomic E-state index is 10.00. The maximum absolute atomic E-state index is 10.00. The second-order valence-electron chi connectivity index (χ2n) is 2.22. The number of nitrogens with zero attached hydrogens (tertiary/aromatic N) is 2. The summed E-state index contributed by atoms with van der Waals surface area (Å²) in [6.45, 7) is 0. The molecule has 0 fully saturated rings. The van der Waals surface area contributed by atoms with Crippen LogP contribution < -0.4 is 0 Å². The molecule has 1 aromatic heterocycles. The molecule has 12 heavy (non-hydrogen) atoms. The minimum Gasteiger partial charge on any atom is -0.356 e. The molecule has 0 aliphatic heterocycles. The average Bonchev–Trinajstić information content (AvgIpc) is 2.53. The summed E-state index contributed by atoms with van der Waals surface area (Å²) in [6.07, 6.45) is 2.99. The molecular formula is C8H4N2O2. The first-order valence-corrected chi connectivity index (χ1v) is 3.33. The first-order chi connectivity index (χ1) is 5.92. The number of rotatable bonds is 1. The fourth-order valence-corrected chi connectivity index (χ4v) is 1.02. The van der Waals surface area contributed by atoms with E-state index in [1.807, 2.05) is 0 Å². The van der Waals surface area contributed by atoms with Crippen molar-refractivity contribution < 1.29 is 9.32 Å². The van der Waals surface area contributed by atoms with Gasteiger partial charge in [0.2, 0.25) is 6.08 Å². The molecule has 1 aromatic carbocycles. The normalized spacial score (nSPS) is 9.67. The molecule has 0 atom stereocenters. The molecule has 0 radical (unpaired) electrons. The van der Waals surface area contributed by atoms with Crippen molar-refractivity contribution in [2.24, 2.45) is 4.99 Å². The van der Waals surface area contributed by atoms with Crippen molar-refractivity contribution in [2.45, 2.75) is 0 Å². The second kappa shape index (κ2) is 2.60.